The van der Waals surface area contributed by atoms with Crippen LogP contribution in [0.4, 0.5) is 0 Å². The summed E-state index contributed by atoms with van der Waals surface area (Å²) in [5.41, 5.74) is 8.51. The number of nitrogens with two attached hydrogens (primary N) is 1. The predicted octanol–water partition coefficient (Wildman–Crippen LogP) is 2.71. The number of hydrogen-bond donors (Lipinski definition) is 1. The quantitative estimate of drug-likeness (QED) is 0.911. The van der Waals surface area contributed by atoms with Crippen LogP contribution in [0.15, 0.2) is 18.2 Å². The van der Waals surface area contributed by atoms with Crippen molar-refractivity contribution < 1.29 is 4.74 Å². The minimum Gasteiger partial charge on any atom is -0.494 e. The Kier molecular flexibility index (Phi) is 3.50. The van der Waals surface area contributed by atoms with Gasteiger partial charge in [-0.2, -0.15) is 0 Å². The lowest BCUT2D eigenvalue weighted by molar-refractivity contribution is 0.419. The van der Waals surface area contributed by atoms with Gasteiger partial charge in [-0.1, -0.05) is 11.6 Å². The van der Waals surface area contributed by atoms with Crippen LogP contribution in [0.3, 0.4) is 0 Å². The number of pyridine rings is 1. The summed E-state index contributed by atoms with van der Waals surface area (Å²) >= 11 is 6.24. The molecule has 0 fully saturated rings. The molecular weight excluding hydrogens is 236 g/mol. The second kappa shape index (κ2) is 4.90. The molecule has 17 heavy (non-hydrogen) atoms. The summed E-state index contributed by atoms with van der Waals surface area (Å²) in [5, 5.41) is 1.64. The van der Waals surface area contributed by atoms with Crippen LogP contribution in [0.5, 0.6) is 5.75 Å². The number of nitrogens with zero attached hydrogens (tertiary/aromatic N) is 1. The van der Waals surface area contributed by atoms with Crippen molar-refractivity contribution in [3.8, 4) is 5.75 Å². The van der Waals surface area contributed by atoms with Gasteiger partial charge < -0.3 is 10.5 Å². The second-order valence-corrected chi connectivity index (χ2v) is 4.34. The highest BCUT2D eigenvalue weighted by Crippen LogP contribution is 2.33. The van der Waals surface area contributed by atoms with Gasteiger partial charge in [-0.05, 0) is 43.7 Å². The molecular formula is C13H15ClN2O. The van der Waals surface area contributed by atoms with Gasteiger partial charge in [0.25, 0.3) is 0 Å². The van der Waals surface area contributed by atoms with Gasteiger partial charge in [0.05, 0.1) is 12.1 Å². The number of rotatable bonds is 3. The number of methoxy groups -OCH3 is 1. The zero-order valence-corrected chi connectivity index (χ0v) is 10.7. The van der Waals surface area contributed by atoms with Crippen LogP contribution >= 0.6 is 11.6 Å². The van der Waals surface area contributed by atoms with Crippen molar-refractivity contribution >= 4 is 22.5 Å². The molecule has 2 rings (SSSR count). The third kappa shape index (κ3) is 2.21. The fraction of sp³-hybridized carbons (Fsp3) is 0.308. The van der Waals surface area contributed by atoms with Crippen LogP contribution in [-0.4, -0.2) is 18.6 Å². The van der Waals surface area contributed by atoms with Crippen LogP contribution in [0, 0.1) is 6.92 Å². The van der Waals surface area contributed by atoms with Crippen molar-refractivity contribution in [1.29, 1.82) is 0 Å². The maximum absolute atomic E-state index is 6.24. The van der Waals surface area contributed by atoms with Gasteiger partial charge in [-0.15, -0.1) is 0 Å². The molecule has 90 valence electrons. The molecule has 0 atom stereocenters. The van der Waals surface area contributed by atoms with E-state index >= 15 is 0 Å². The monoisotopic (exact) mass is 250 g/mol. The number of halogens is 1. The Labute approximate surface area is 106 Å². The lowest BCUT2D eigenvalue weighted by Gasteiger charge is -2.11. The molecule has 0 bridgehead atoms. The molecule has 1 aromatic heterocycles. The average molecular weight is 251 g/mol. The van der Waals surface area contributed by atoms with E-state index in [2.05, 4.69) is 4.98 Å². The first-order valence-corrected chi connectivity index (χ1v) is 5.88. The highest BCUT2D eigenvalue weighted by atomic mass is 35.5. The summed E-state index contributed by atoms with van der Waals surface area (Å²) in [6.45, 7) is 2.55. The van der Waals surface area contributed by atoms with Gasteiger partial charge in [0.1, 0.15) is 11.3 Å². The molecule has 0 radical (unpaired) electrons. The first-order chi connectivity index (χ1) is 8.17. The number of aryl methyl sites for hydroxylation is 1. The average Bonchev–Trinajstić information content (AvgIpc) is 2.29. The molecule has 0 aliphatic heterocycles. The molecule has 0 spiro atoms. The van der Waals surface area contributed by atoms with E-state index in [0.717, 1.165) is 34.3 Å². The van der Waals surface area contributed by atoms with Crippen molar-refractivity contribution in [2.75, 3.05) is 13.7 Å². The van der Waals surface area contributed by atoms with E-state index < -0.39 is 0 Å². The fourth-order valence-corrected chi connectivity index (χ4v) is 2.29. The van der Waals surface area contributed by atoms with Gasteiger partial charge >= 0.3 is 0 Å². The molecule has 0 aliphatic carbocycles. The van der Waals surface area contributed by atoms with Crippen molar-refractivity contribution in [2.24, 2.45) is 5.73 Å². The molecule has 1 heterocycles. The smallest absolute Gasteiger partial charge is 0.145 e. The lowest BCUT2D eigenvalue weighted by Crippen LogP contribution is -2.04. The van der Waals surface area contributed by atoms with E-state index in [1.165, 1.54) is 0 Å². The van der Waals surface area contributed by atoms with Gasteiger partial charge in [0.2, 0.25) is 0 Å². The predicted molar refractivity (Wildman–Crippen MR) is 70.8 cm³/mol. The highest BCUT2D eigenvalue weighted by molar-refractivity contribution is 6.35. The van der Waals surface area contributed by atoms with E-state index in [-0.39, 0.29) is 0 Å². The van der Waals surface area contributed by atoms with Crippen LogP contribution in [-0.2, 0) is 6.42 Å². The molecule has 0 amide bonds. The third-order valence-electron chi connectivity index (χ3n) is 2.72. The van der Waals surface area contributed by atoms with E-state index in [0.29, 0.717) is 11.6 Å². The zero-order valence-electron chi connectivity index (χ0n) is 9.96. The van der Waals surface area contributed by atoms with Crippen molar-refractivity contribution in [3.63, 3.8) is 0 Å². The minimum atomic E-state index is 0.589. The molecule has 0 aliphatic rings. The van der Waals surface area contributed by atoms with Gasteiger partial charge in [-0.25, -0.2) is 4.98 Å². The molecule has 1 aromatic carbocycles. The largest absolute Gasteiger partial charge is 0.494 e. The number of benzene rings is 1. The second-order valence-electron chi connectivity index (χ2n) is 3.93. The summed E-state index contributed by atoms with van der Waals surface area (Å²) < 4.78 is 5.32. The van der Waals surface area contributed by atoms with E-state index in [9.17, 15) is 0 Å². The Hall–Kier alpha value is -1.32. The van der Waals surface area contributed by atoms with Gasteiger partial charge in [-0.3, -0.25) is 0 Å². The molecule has 0 saturated heterocycles. The van der Waals surface area contributed by atoms with Crippen molar-refractivity contribution in [1.82, 2.24) is 4.98 Å². The Morgan fingerprint density at radius 1 is 1.41 bits per heavy atom. The summed E-state index contributed by atoms with van der Waals surface area (Å²) in [6.07, 6.45) is 0.784. The minimum absolute atomic E-state index is 0.589. The third-order valence-corrected chi connectivity index (χ3v) is 3.03. The number of fused-ring (bicyclic) bond motifs is 1. The van der Waals surface area contributed by atoms with Crippen LogP contribution in [0.1, 0.15) is 11.3 Å². The topological polar surface area (TPSA) is 48.1 Å². The SMILES string of the molecule is COc1ccc(Cl)c2c(CCN)cc(C)nc12. The Morgan fingerprint density at radius 2 is 2.18 bits per heavy atom. The number of aromatic nitrogens is 1. The van der Waals surface area contributed by atoms with Crippen LogP contribution in [0.2, 0.25) is 5.02 Å². The first-order valence-electron chi connectivity index (χ1n) is 5.50. The molecule has 3 nitrogen and oxygen atoms in total. The summed E-state index contributed by atoms with van der Waals surface area (Å²) in [7, 11) is 1.63. The van der Waals surface area contributed by atoms with Crippen molar-refractivity contribution in [2.45, 2.75) is 13.3 Å². The maximum Gasteiger partial charge on any atom is 0.145 e. The highest BCUT2D eigenvalue weighted by Gasteiger charge is 2.11. The molecule has 0 saturated carbocycles. The summed E-state index contributed by atoms with van der Waals surface area (Å²) in [5.74, 6) is 0.742. The van der Waals surface area contributed by atoms with Gasteiger partial charge in [0.15, 0.2) is 0 Å². The van der Waals surface area contributed by atoms with E-state index in [4.69, 9.17) is 22.1 Å². The molecule has 2 N–H and O–H groups in total. The van der Waals surface area contributed by atoms with Gasteiger partial charge in [0, 0.05) is 11.1 Å². The number of ether oxygens (including phenoxy) is 1. The summed E-state index contributed by atoms with van der Waals surface area (Å²) in [4.78, 5) is 4.50. The number of hydrogen-bond acceptors (Lipinski definition) is 3. The lowest BCUT2D eigenvalue weighted by atomic mass is 10.0. The normalized spacial score (nSPS) is 10.8. The Morgan fingerprint density at radius 3 is 2.82 bits per heavy atom. The Bertz CT molecular complexity index is 555. The Balaban J connectivity index is 2.81. The van der Waals surface area contributed by atoms with Crippen LogP contribution in [0.25, 0.3) is 10.9 Å². The fourth-order valence-electron chi connectivity index (χ4n) is 2.01. The molecule has 2 aromatic rings. The zero-order chi connectivity index (χ0) is 12.4. The first kappa shape index (κ1) is 12.1. The van der Waals surface area contributed by atoms with E-state index in [1.54, 1.807) is 7.11 Å². The summed E-state index contributed by atoms with van der Waals surface area (Å²) in [6, 6.07) is 5.70. The standard InChI is InChI=1S/C13H15ClN2O/c1-8-7-9(5-6-15)12-10(14)3-4-11(17-2)13(12)16-8/h3-4,7H,5-6,15H2,1-2H3. The molecule has 0 unspecified atom stereocenters. The van der Waals surface area contributed by atoms with Crippen molar-refractivity contribution in [3.05, 3.63) is 34.5 Å². The van der Waals surface area contributed by atoms with E-state index in [1.807, 2.05) is 25.1 Å². The van der Waals surface area contributed by atoms with Crippen LogP contribution < -0.4 is 10.5 Å². The maximum atomic E-state index is 6.24. The molecule has 4 heteroatoms.